The average Bonchev–Trinajstić information content (AvgIpc) is 3.13. The largest absolute Gasteiger partial charge is 0.379 e. The highest BCUT2D eigenvalue weighted by molar-refractivity contribution is 8.00. The highest BCUT2D eigenvalue weighted by atomic mass is 32.2. The van der Waals surface area contributed by atoms with E-state index in [0.717, 1.165) is 50.4 Å². The number of nitrogens with one attached hydrogen (secondary N) is 1. The standard InChI is InChI=1S/C25H36N4O4S/c1-3-22-23(20-7-5-19(2)6-8-20)34(31,32)27-24(22)29-13-9-21(10-14-29)25(30)26-11-4-12-28-15-17-33-18-16-28/h5-8,21H,3-4,9-18H2,1-2H3,(H,26,30). The van der Waals surface area contributed by atoms with Crippen molar-refractivity contribution in [3.63, 3.8) is 0 Å². The van der Waals surface area contributed by atoms with Gasteiger partial charge in [0.25, 0.3) is 10.0 Å². The molecule has 0 saturated carbocycles. The zero-order valence-corrected chi connectivity index (χ0v) is 21.1. The molecule has 0 spiro atoms. The number of nitrogens with zero attached hydrogens (tertiary/aromatic N) is 3. The molecular weight excluding hydrogens is 452 g/mol. The van der Waals surface area contributed by atoms with Gasteiger partial charge in [0.2, 0.25) is 5.91 Å². The van der Waals surface area contributed by atoms with Crippen molar-refractivity contribution in [2.24, 2.45) is 10.3 Å². The number of piperidine rings is 1. The summed E-state index contributed by atoms with van der Waals surface area (Å²) >= 11 is 0. The molecule has 0 bridgehead atoms. The molecular formula is C25H36N4O4S. The number of morpholine rings is 1. The summed E-state index contributed by atoms with van der Waals surface area (Å²) in [6.07, 6.45) is 2.92. The van der Waals surface area contributed by atoms with Gasteiger partial charge in [-0.15, -0.1) is 4.40 Å². The van der Waals surface area contributed by atoms with Gasteiger partial charge >= 0.3 is 0 Å². The van der Waals surface area contributed by atoms with E-state index in [1.54, 1.807) is 0 Å². The molecule has 0 unspecified atom stereocenters. The molecule has 186 valence electrons. The number of amides is 1. The number of aryl methyl sites for hydroxylation is 1. The molecule has 0 radical (unpaired) electrons. The lowest BCUT2D eigenvalue weighted by Crippen LogP contribution is -2.43. The first-order valence-corrected chi connectivity index (χ1v) is 13.8. The topological polar surface area (TPSA) is 91.3 Å². The summed E-state index contributed by atoms with van der Waals surface area (Å²) in [5.74, 6) is 0.625. The Balaban J connectivity index is 1.32. The van der Waals surface area contributed by atoms with Crippen molar-refractivity contribution in [3.8, 4) is 0 Å². The molecule has 3 heterocycles. The van der Waals surface area contributed by atoms with Crippen molar-refractivity contribution in [1.82, 2.24) is 15.1 Å². The summed E-state index contributed by atoms with van der Waals surface area (Å²) in [6, 6.07) is 7.56. The first kappa shape index (κ1) is 24.9. The number of hydrogen-bond acceptors (Lipinski definition) is 6. The van der Waals surface area contributed by atoms with Gasteiger partial charge < -0.3 is 15.0 Å². The lowest BCUT2D eigenvalue weighted by molar-refractivity contribution is -0.126. The number of likely N-dealkylation sites (tertiary alicyclic amines) is 1. The first-order valence-electron chi connectivity index (χ1n) is 12.4. The minimum absolute atomic E-state index is 0.0381. The van der Waals surface area contributed by atoms with Crippen LogP contribution in [0.15, 0.2) is 34.2 Å². The van der Waals surface area contributed by atoms with Gasteiger partial charge in [0.1, 0.15) is 10.7 Å². The summed E-state index contributed by atoms with van der Waals surface area (Å²) in [7, 11) is -3.73. The lowest BCUT2D eigenvalue weighted by Gasteiger charge is -2.33. The van der Waals surface area contributed by atoms with Crippen LogP contribution in [-0.2, 0) is 19.6 Å². The SMILES string of the molecule is CCC1=C(c2ccc(C)cc2)S(=O)(=O)N=C1N1CCC(C(=O)NCCCN2CCOCC2)CC1. The minimum Gasteiger partial charge on any atom is -0.379 e. The van der Waals surface area contributed by atoms with Crippen LogP contribution in [0.25, 0.3) is 4.91 Å². The van der Waals surface area contributed by atoms with Crippen LogP contribution in [-0.4, -0.2) is 82.4 Å². The van der Waals surface area contributed by atoms with E-state index in [1.165, 1.54) is 0 Å². The Kier molecular flexibility index (Phi) is 8.06. The molecule has 1 N–H and O–H groups in total. The maximum absolute atomic E-state index is 13.0. The smallest absolute Gasteiger partial charge is 0.285 e. The third-order valence-electron chi connectivity index (χ3n) is 6.90. The lowest BCUT2D eigenvalue weighted by atomic mass is 9.94. The van der Waals surface area contributed by atoms with Crippen LogP contribution in [0.4, 0.5) is 0 Å². The normalized spacial score (nSPS) is 21.6. The Hall–Kier alpha value is -2.23. The van der Waals surface area contributed by atoms with Crippen LogP contribution in [0, 0.1) is 12.8 Å². The van der Waals surface area contributed by atoms with E-state index in [0.29, 0.717) is 55.2 Å². The Bertz CT molecular complexity index is 1040. The fraction of sp³-hybridized carbons (Fsp3) is 0.600. The molecule has 34 heavy (non-hydrogen) atoms. The molecule has 4 rings (SSSR count). The van der Waals surface area contributed by atoms with Crippen LogP contribution in [0.5, 0.6) is 0 Å². The van der Waals surface area contributed by atoms with Crippen molar-refractivity contribution in [1.29, 1.82) is 0 Å². The quantitative estimate of drug-likeness (QED) is 0.593. The summed E-state index contributed by atoms with van der Waals surface area (Å²) in [5.41, 5.74) is 2.54. The third kappa shape index (κ3) is 5.70. The van der Waals surface area contributed by atoms with E-state index >= 15 is 0 Å². The van der Waals surface area contributed by atoms with Gasteiger partial charge in [0.05, 0.1) is 13.2 Å². The van der Waals surface area contributed by atoms with Gasteiger partial charge in [0, 0.05) is 44.2 Å². The summed E-state index contributed by atoms with van der Waals surface area (Å²) in [6.45, 7) is 10.4. The number of sulfonamides is 1. The fourth-order valence-electron chi connectivity index (χ4n) is 4.90. The molecule has 2 fully saturated rings. The van der Waals surface area contributed by atoms with E-state index in [4.69, 9.17) is 4.74 Å². The molecule has 1 aromatic rings. The second kappa shape index (κ2) is 11.0. The first-order chi connectivity index (χ1) is 16.4. The van der Waals surface area contributed by atoms with Gasteiger partial charge in [-0.3, -0.25) is 9.69 Å². The Morgan fingerprint density at radius 2 is 1.79 bits per heavy atom. The molecule has 3 aliphatic heterocycles. The van der Waals surface area contributed by atoms with Gasteiger partial charge in [-0.05, 0) is 44.7 Å². The zero-order chi connectivity index (χ0) is 24.1. The Morgan fingerprint density at radius 1 is 1.12 bits per heavy atom. The van der Waals surface area contributed by atoms with E-state index in [2.05, 4.69) is 14.6 Å². The number of benzene rings is 1. The number of ether oxygens (including phenoxy) is 1. The van der Waals surface area contributed by atoms with E-state index in [1.807, 2.05) is 43.0 Å². The molecule has 0 aliphatic carbocycles. The van der Waals surface area contributed by atoms with Crippen LogP contribution in [0.2, 0.25) is 0 Å². The highest BCUT2D eigenvalue weighted by Gasteiger charge is 2.36. The molecule has 3 aliphatic rings. The maximum atomic E-state index is 13.0. The van der Waals surface area contributed by atoms with Crippen LogP contribution in [0.1, 0.15) is 43.7 Å². The average molecular weight is 489 g/mol. The molecule has 9 heteroatoms. The summed E-state index contributed by atoms with van der Waals surface area (Å²) in [4.78, 5) is 17.4. The summed E-state index contributed by atoms with van der Waals surface area (Å²) < 4.78 is 35.5. The van der Waals surface area contributed by atoms with Crippen LogP contribution >= 0.6 is 0 Å². The monoisotopic (exact) mass is 488 g/mol. The molecule has 2 saturated heterocycles. The predicted octanol–water partition coefficient (Wildman–Crippen LogP) is 2.41. The number of carbonyl (C=O) groups is 1. The number of carbonyl (C=O) groups excluding carboxylic acids is 1. The van der Waals surface area contributed by atoms with E-state index < -0.39 is 10.0 Å². The minimum atomic E-state index is -3.73. The van der Waals surface area contributed by atoms with Crippen molar-refractivity contribution in [2.45, 2.75) is 39.5 Å². The number of rotatable bonds is 7. The molecule has 0 aromatic heterocycles. The van der Waals surface area contributed by atoms with Gasteiger partial charge in [-0.25, -0.2) is 0 Å². The van der Waals surface area contributed by atoms with Crippen molar-refractivity contribution in [3.05, 3.63) is 41.0 Å². The van der Waals surface area contributed by atoms with Crippen molar-refractivity contribution in [2.75, 3.05) is 52.5 Å². The van der Waals surface area contributed by atoms with Crippen molar-refractivity contribution < 1.29 is 17.9 Å². The zero-order valence-electron chi connectivity index (χ0n) is 20.3. The summed E-state index contributed by atoms with van der Waals surface area (Å²) in [5, 5.41) is 3.09. The molecule has 1 aromatic carbocycles. The Labute approximate surface area is 203 Å². The Morgan fingerprint density at radius 3 is 2.44 bits per heavy atom. The number of hydrogen-bond donors (Lipinski definition) is 1. The molecule has 8 nitrogen and oxygen atoms in total. The highest BCUT2D eigenvalue weighted by Crippen LogP contribution is 2.36. The second-order valence-corrected chi connectivity index (χ2v) is 10.8. The molecule has 1 amide bonds. The van der Waals surface area contributed by atoms with E-state index in [9.17, 15) is 13.2 Å². The number of amidine groups is 1. The van der Waals surface area contributed by atoms with Crippen LogP contribution in [0.3, 0.4) is 0 Å². The van der Waals surface area contributed by atoms with E-state index in [-0.39, 0.29) is 11.8 Å². The van der Waals surface area contributed by atoms with Gasteiger partial charge in [-0.1, -0.05) is 36.8 Å². The van der Waals surface area contributed by atoms with Crippen molar-refractivity contribution >= 4 is 26.7 Å². The fourth-order valence-corrected chi connectivity index (χ4v) is 6.43. The third-order valence-corrected chi connectivity index (χ3v) is 8.31. The second-order valence-electron chi connectivity index (χ2n) is 9.28. The maximum Gasteiger partial charge on any atom is 0.285 e. The van der Waals surface area contributed by atoms with Crippen LogP contribution < -0.4 is 5.32 Å². The predicted molar refractivity (Wildman–Crippen MR) is 134 cm³/mol. The van der Waals surface area contributed by atoms with Gasteiger partial charge in [0.15, 0.2) is 0 Å². The van der Waals surface area contributed by atoms with Gasteiger partial charge in [-0.2, -0.15) is 8.42 Å². The molecule has 0 atom stereocenters.